The van der Waals surface area contributed by atoms with Gasteiger partial charge in [0.05, 0.1) is 15.7 Å². The van der Waals surface area contributed by atoms with E-state index in [0.29, 0.717) is 27.1 Å². The van der Waals surface area contributed by atoms with E-state index in [0.717, 1.165) is 21.8 Å². The number of thiophene rings is 1. The molecule has 0 unspecified atom stereocenters. The van der Waals surface area contributed by atoms with Gasteiger partial charge < -0.3 is 0 Å². The number of fused-ring (bicyclic) bond motifs is 1. The standard InChI is InChI=1S/C20H16ClN3O3S3/c1-13-5-4-10-24-18(25)11-14(22-20(13)24)12-28-16-7-3-2-6-15(16)23-30(26,27)19-9-8-17(21)29-19/h2-11,23H,12H2,1H3. The number of nitrogens with one attached hydrogen (secondary N) is 1. The number of hydrogen-bond acceptors (Lipinski definition) is 6. The summed E-state index contributed by atoms with van der Waals surface area (Å²) in [4.78, 5) is 17.7. The fraction of sp³-hybridized carbons (Fsp3) is 0.100. The van der Waals surface area contributed by atoms with Gasteiger partial charge in [0.15, 0.2) is 0 Å². The maximum atomic E-state index is 12.6. The predicted molar refractivity (Wildman–Crippen MR) is 122 cm³/mol. The van der Waals surface area contributed by atoms with Gasteiger partial charge >= 0.3 is 0 Å². The van der Waals surface area contributed by atoms with Crippen molar-refractivity contribution < 1.29 is 8.42 Å². The molecule has 3 heterocycles. The summed E-state index contributed by atoms with van der Waals surface area (Å²) in [7, 11) is -3.74. The summed E-state index contributed by atoms with van der Waals surface area (Å²) in [5, 5.41) is 0. The molecule has 3 aromatic heterocycles. The Balaban J connectivity index is 1.59. The van der Waals surface area contributed by atoms with Crippen molar-refractivity contribution in [1.82, 2.24) is 9.38 Å². The third kappa shape index (κ3) is 4.39. The van der Waals surface area contributed by atoms with Gasteiger partial charge in [-0.15, -0.1) is 23.1 Å². The molecule has 0 aliphatic heterocycles. The minimum Gasteiger partial charge on any atom is -0.278 e. The molecule has 0 saturated carbocycles. The molecule has 4 aromatic rings. The molecule has 0 bridgehead atoms. The van der Waals surface area contributed by atoms with Crippen LogP contribution in [0, 0.1) is 6.92 Å². The first-order valence-corrected chi connectivity index (χ1v) is 12.5. The second-order valence-corrected chi connectivity index (χ2v) is 11.1. The molecule has 154 valence electrons. The van der Waals surface area contributed by atoms with E-state index in [1.807, 2.05) is 31.2 Å². The van der Waals surface area contributed by atoms with Gasteiger partial charge in [0.2, 0.25) is 0 Å². The lowest BCUT2D eigenvalue weighted by atomic mass is 10.3. The lowest BCUT2D eigenvalue weighted by Crippen LogP contribution is -2.15. The number of halogens is 1. The van der Waals surface area contributed by atoms with Gasteiger partial charge in [-0.3, -0.25) is 13.9 Å². The van der Waals surface area contributed by atoms with Crippen LogP contribution in [0.15, 0.2) is 74.7 Å². The van der Waals surface area contributed by atoms with E-state index in [1.54, 1.807) is 24.4 Å². The number of benzene rings is 1. The molecule has 4 rings (SSSR count). The Morgan fingerprint density at radius 1 is 1.17 bits per heavy atom. The molecule has 0 fully saturated rings. The zero-order chi connectivity index (χ0) is 21.3. The molecule has 0 spiro atoms. The van der Waals surface area contributed by atoms with Crippen LogP contribution in [0.4, 0.5) is 5.69 Å². The summed E-state index contributed by atoms with van der Waals surface area (Å²) in [5.74, 6) is 0.420. The largest absolute Gasteiger partial charge is 0.278 e. The highest BCUT2D eigenvalue weighted by atomic mass is 35.5. The van der Waals surface area contributed by atoms with Crippen LogP contribution in [-0.4, -0.2) is 17.8 Å². The number of para-hydroxylation sites is 1. The van der Waals surface area contributed by atoms with E-state index in [2.05, 4.69) is 9.71 Å². The van der Waals surface area contributed by atoms with E-state index >= 15 is 0 Å². The van der Waals surface area contributed by atoms with Crippen molar-refractivity contribution in [2.24, 2.45) is 0 Å². The number of pyridine rings is 1. The molecular weight excluding hydrogens is 462 g/mol. The normalized spacial score (nSPS) is 11.7. The van der Waals surface area contributed by atoms with E-state index in [9.17, 15) is 13.2 Å². The lowest BCUT2D eigenvalue weighted by molar-refractivity contribution is 0.603. The minimum absolute atomic E-state index is 0.145. The van der Waals surface area contributed by atoms with Crippen molar-refractivity contribution in [3.63, 3.8) is 0 Å². The highest BCUT2D eigenvalue weighted by molar-refractivity contribution is 7.99. The molecule has 0 amide bonds. The molecule has 0 aliphatic rings. The van der Waals surface area contributed by atoms with Crippen LogP contribution < -0.4 is 10.3 Å². The number of aromatic nitrogens is 2. The topological polar surface area (TPSA) is 80.5 Å². The zero-order valence-corrected chi connectivity index (χ0v) is 18.9. The Morgan fingerprint density at radius 3 is 2.73 bits per heavy atom. The van der Waals surface area contributed by atoms with Crippen LogP contribution in [0.1, 0.15) is 11.3 Å². The third-order valence-corrected chi connectivity index (χ3v) is 8.46. The van der Waals surface area contributed by atoms with Crippen molar-refractivity contribution in [2.75, 3.05) is 4.72 Å². The van der Waals surface area contributed by atoms with Gasteiger partial charge in [-0.2, -0.15) is 0 Å². The van der Waals surface area contributed by atoms with E-state index in [1.165, 1.54) is 28.3 Å². The zero-order valence-electron chi connectivity index (χ0n) is 15.7. The maximum absolute atomic E-state index is 12.6. The van der Waals surface area contributed by atoms with E-state index in [-0.39, 0.29) is 9.77 Å². The Hall–Kier alpha value is -2.33. The number of anilines is 1. The van der Waals surface area contributed by atoms with Crippen LogP contribution in [0.5, 0.6) is 0 Å². The Kier molecular flexibility index (Phi) is 5.88. The number of aryl methyl sites for hydroxylation is 1. The Labute approximate surface area is 186 Å². The molecule has 10 heteroatoms. The second-order valence-electron chi connectivity index (χ2n) is 6.42. The summed E-state index contributed by atoms with van der Waals surface area (Å²) in [5.41, 5.74) is 2.46. The molecule has 0 atom stereocenters. The predicted octanol–water partition coefficient (Wildman–Crippen LogP) is 4.81. The van der Waals surface area contributed by atoms with Gasteiger partial charge in [0, 0.05) is 22.9 Å². The van der Waals surface area contributed by atoms with Crippen molar-refractivity contribution >= 4 is 56.1 Å². The maximum Gasteiger partial charge on any atom is 0.271 e. The fourth-order valence-electron chi connectivity index (χ4n) is 2.85. The molecule has 0 aliphatic carbocycles. The van der Waals surface area contributed by atoms with Gasteiger partial charge in [0.1, 0.15) is 9.86 Å². The van der Waals surface area contributed by atoms with E-state index in [4.69, 9.17) is 11.6 Å². The average molecular weight is 478 g/mol. The number of hydrogen-bond donors (Lipinski definition) is 1. The monoisotopic (exact) mass is 477 g/mol. The van der Waals surface area contributed by atoms with Crippen molar-refractivity contribution in [1.29, 1.82) is 0 Å². The van der Waals surface area contributed by atoms with Gasteiger partial charge in [-0.1, -0.05) is 29.8 Å². The van der Waals surface area contributed by atoms with Crippen LogP contribution >= 0.6 is 34.7 Å². The van der Waals surface area contributed by atoms with Crippen molar-refractivity contribution in [2.45, 2.75) is 21.8 Å². The van der Waals surface area contributed by atoms with Crippen LogP contribution in [0.3, 0.4) is 0 Å². The van der Waals surface area contributed by atoms with Gasteiger partial charge in [-0.25, -0.2) is 13.4 Å². The highest BCUT2D eigenvalue weighted by Crippen LogP contribution is 2.33. The van der Waals surface area contributed by atoms with Crippen LogP contribution in [0.25, 0.3) is 5.65 Å². The minimum atomic E-state index is -3.74. The first-order chi connectivity index (χ1) is 14.3. The molecular formula is C20H16ClN3O3S3. The van der Waals surface area contributed by atoms with E-state index < -0.39 is 10.0 Å². The Bertz CT molecular complexity index is 1400. The van der Waals surface area contributed by atoms with Gasteiger partial charge in [0.25, 0.3) is 15.6 Å². The van der Waals surface area contributed by atoms with Crippen molar-refractivity contribution in [3.8, 4) is 0 Å². The number of thioether (sulfide) groups is 1. The fourth-order valence-corrected chi connectivity index (χ4v) is 6.38. The molecule has 30 heavy (non-hydrogen) atoms. The summed E-state index contributed by atoms with van der Waals surface area (Å²) in [6.07, 6.45) is 1.69. The van der Waals surface area contributed by atoms with Crippen molar-refractivity contribution in [3.05, 3.63) is 86.7 Å². The average Bonchev–Trinajstić information content (AvgIpc) is 3.15. The summed E-state index contributed by atoms with van der Waals surface area (Å²) in [6.45, 7) is 1.90. The summed E-state index contributed by atoms with van der Waals surface area (Å²) < 4.78 is 30.0. The third-order valence-electron chi connectivity index (χ3n) is 4.26. The molecule has 0 radical (unpaired) electrons. The first kappa shape index (κ1) is 20.9. The number of rotatable bonds is 6. The molecule has 0 saturated heterocycles. The number of nitrogens with zero attached hydrogens (tertiary/aromatic N) is 2. The smallest absolute Gasteiger partial charge is 0.271 e. The summed E-state index contributed by atoms with van der Waals surface area (Å²) in [6, 6.07) is 15.3. The number of sulfonamides is 1. The molecule has 1 aromatic carbocycles. The van der Waals surface area contributed by atoms with Gasteiger partial charge in [-0.05, 0) is 42.8 Å². The van der Waals surface area contributed by atoms with Crippen LogP contribution in [0.2, 0.25) is 4.34 Å². The SMILES string of the molecule is Cc1cccn2c(=O)cc(CSc3ccccc3NS(=O)(=O)c3ccc(Cl)s3)nc12. The quantitative estimate of drug-likeness (QED) is 0.403. The van der Waals surface area contributed by atoms with Crippen LogP contribution in [-0.2, 0) is 15.8 Å². The molecule has 6 nitrogen and oxygen atoms in total. The molecule has 1 N–H and O–H groups in total. The second kappa shape index (κ2) is 8.43. The summed E-state index contributed by atoms with van der Waals surface area (Å²) >= 11 is 8.27. The highest BCUT2D eigenvalue weighted by Gasteiger charge is 2.18. The lowest BCUT2D eigenvalue weighted by Gasteiger charge is -2.11. The first-order valence-electron chi connectivity index (χ1n) is 8.81. The Morgan fingerprint density at radius 2 is 1.97 bits per heavy atom.